The van der Waals surface area contributed by atoms with Crippen LogP contribution in [0.15, 0.2) is 0 Å². The maximum absolute atomic E-state index is 11.8. The molecule has 0 spiro atoms. The van der Waals surface area contributed by atoms with E-state index in [1.165, 1.54) is 31.3 Å². The van der Waals surface area contributed by atoms with Crippen LogP contribution in [0.2, 0.25) is 0 Å². The van der Waals surface area contributed by atoms with Crippen molar-refractivity contribution in [2.45, 2.75) is 45.6 Å². The van der Waals surface area contributed by atoms with E-state index < -0.39 is 0 Å². The minimum Gasteiger partial charge on any atom is -0.465 e. The van der Waals surface area contributed by atoms with Crippen LogP contribution in [0.5, 0.6) is 0 Å². The van der Waals surface area contributed by atoms with Gasteiger partial charge in [-0.05, 0) is 25.3 Å². The Morgan fingerprint density at radius 1 is 1.47 bits per heavy atom. The van der Waals surface area contributed by atoms with Crippen molar-refractivity contribution >= 4 is 17.3 Å². The third-order valence-corrected chi connectivity index (χ3v) is 4.19. The summed E-state index contributed by atoms with van der Waals surface area (Å²) < 4.78 is 4.85. The third kappa shape index (κ3) is 3.76. The molecule has 1 aromatic heterocycles. The Bertz CT molecular complexity index is 459. The van der Waals surface area contributed by atoms with E-state index >= 15 is 0 Å². The molecule has 0 atom stereocenters. The second-order valence-corrected chi connectivity index (χ2v) is 7.18. The van der Waals surface area contributed by atoms with Crippen molar-refractivity contribution in [3.8, 4) is 0 Å². The van der Waals surface area contributed by atoms with Crippen molar-refractivity contribution in [1.29, 1.82) is 0 Å². The molecule has 0 saturated heterocycles. The molecule has 1 N–H and O–H groups in total. The normalized spacial score (nSPS) is 15.6. The Morgan fingerprint density at radius 3 is 2.68 bits per heavy atom. The monoisotopic (exact) mass is 282 g/mol. The molecule has 1 aliphatic rings. The number of rotatable bonds is 5. The van der Waals surface area contributed by atoms with Gasteiger partial charge in [0.15, 0.2) is 0 Å². The van der Waals surface area contributed by atoms with E-state index in [0.29, 0.717) is 4.88 Å². The van der Waals surface area contributed by atoms with Crippen molar-refractivity contribution in [2.24, 2.45) is 5.92 Å². The van der Waals surface area contributed by atoms with Gasteiger partial charge >= 0.3 is 5.97 Å². The van der Waals surface area contributed by atoms with Gasteiger partial charge in [-0.2, -0.15) is 0 Å². The fourth-order valence-electron chi connectivity index (χ4n) is 1.88. The fraction of sp³-hybridized carbons (Fsp3) is 0.714. The Kier molecular flexibility index (Phi) is 4.26. The predicted molar refractivity (Wildman–Crippen MR) is 76.6 cm³/mol. The van der Waals surface area contributed by atoms with Gasteiger partial charge in [0.05, 0.1) is 12.8 Å². The van der Waals surface area contributed by atoms with E-state index in [9.17, 15) is 4.79 Å². The molecule has 5 heteroatoms. The molecule has 0 bridgehead atoms. The van der Waals surface area contributed by atoms with E-state index in [1.54, 1.807) is 0 Å². The highest BCUT2D eigenvalue weighted by atomic mass is 32.1. The second kappa shape index (κ2) is 5.59. The minimum absolute atomic E-state index is 0.144. The molecule has 0 aliphatic heterocycles. The summed E-state index contributed by atoms with van der Waals surface area (Å²) in [6.07, 6.45) is 2.68. The van der Waals surface area contributed by atoms with Crippen LogP contribution in [0.4, 0.5) is 0 Å². The van der Waals surface area contributed by atoms with Gasteiger partial charge in [0.25, 0.3) is 0 Å². The van der Waals surface area contributed by atoms with Gasteiger partial charge in [0, 0.05) is 12.0 Å². The van der Waals surface area contributed by atoms with E-state index in [-0.39, 0.29) is 11.4 Å². The number of thiazole rings is 1. The number of aromatic nitrogens is 1. The zero-order chi connectivity index (χ0) is 14.0. The van der Waals surface area contributed by atoms with Crippen LogP contribution >= 0.6 is 11.3 Å². The zero-order valence-corrected chi connectivity index (χ0v) is 12.9. The Hall–Kier alpha value is -0.940. The average Bonchev–Trinajstić information content (AvgIpc) is 3.04. The Labute approximate surface area is 118 Å². The summed E-state index contributed by atoms with van der Waals surface area (Å²) in [6.45, 7) is 7.99. The van der Waals surface area contributed by atoms with Gasteiger partial charge in [-0.3, -0.25) is 0 Å². The van der Waals surface area contributed by atoms with Gasteiger partial charge in [0.1, 0.15) is 9.88 Å². The highest BCUT2D eigenvalue weighted by Gasteiger charge is 2.27. The molecule has 0 aromatic carbocycles. The molecular formula is C14H22N2O2S. The first-order chi connectivity index (χ1) is 8.91. The van der Waals surface area contributed by atoms with Crippen molar-refractivity contribution in [3.63, 3.8) is 0 Å². The molecular weight excluding hydrogens is 260 g/mol. The lowest BCUT2D eigenvalue weighted by molar-refractivity contribution is 0.0603. The number of hydrogen-bond acceptors (Lipinski definition) is 5. The standard InChI is InChI=1S/C14H22N2O2S/c1-14(2,3)12-11(13(17)18-4)19-10(16-12)8-15-7-9-5-6-9/h9,15H,5-8H2,1-4H3. The summed E-state index contributed by atoms with van der Waals surface area (Å²) in [5.74, 6) is 0.568. The number of esters is 1. The van der Waals surface area contributed by atoms with Gasteiger partial charge in [0.2, 0.25) is 0 Å². The van der Waals surface area contributed by atoms with Crippen molar-refractivity contribution < 1.29 is 9.53 Å². The van der Waals surface area contributed by atoms with Crippen molar-refractivity contribution in [1.82, 2.24) is 10.3 Å². The Morgan fingerprint density at radius 2 is 2.16 bits per heavy atom. The average molecular weight is 282 g/mol. The third-order valence-electron chi connectivity index (χ3n) is 3.16. The lowest BCUT2D eigenvalue weighted by atomic mass is 9.91. The SMILES string of the molecule is COC(=O)c1sc(CNCC2CC2)nc1C(C)(C)C. The topological polar surface area (TPSA) is 51.2 Å². The summed E-state index contributed by atoms with van der Waals surface area (Å²) in [7, 11) is 1.42. The minimum atomic E-state index is -0.282. The van der Waals surface area contributed by atoms with Crippen LogP contribution < -0.4 is 5.32 Å². The lowest BCUT2D eigenvalue weighted by Crippen LogP contribution is -2.18. The van der Waals surface area contributed by atoms with Crippen molar-refractivity contribution in [2.75, 3.05) is 13.7 Å². The van der Waals surface area contributed by atoms with Crippen LogP contribution in [0.3, 0.4) is 0 Å². The molecule has 2 rings (SSSR count). The fourth-order valence-corrected chi connectivity index (χ4v) is 3.05. The van der Waals surface area contributed by atoms with Crippen molar-refractivity contribution in [3.05, 3.63) is 15.6 Å². The molecule has 1 heterocycles. The number of nitrogens with zero attached hydrogens (tertiary/aromatic N) is 1. The number of carbonyl (C=O) groups is 1. The van der Waals surface area contributed by atoms with Gasteiger partial charge in [-0.25, -0.2) is 9.78 Å². The van der Waals surface area contributed by atoms with Gasteiger partial charge in [-0.1, -0.05) is 20.8 Å². The molecule has 0 radical (unpaired) electrons. The number of ether oxygens (including phenoxy) is 1. The molecule has 4 nitrogen and oxygen atoms in total. The smallest absolute Gasteiger partial charge is 0.350 e. The molecule has 1 aliphatic carbocycles. The predicted octanol–water partition coefficient (Wildman–Crippen LogP) is 2.73. The molecule has 1 saturated carbocycles. The van der Waals surface area contributed by atoms with E-state index in [1.807, 2.05) is 0 Å². The molecule has 19 heavy (non-hydrogen) atoms. The van der Waals surface area contributed by atoms with E-state index in [0.717, 1.165) is 29.7 Å². The largest absolute Gasteiger partial charge is 0.465 e. The van der Waals surface area contributed by atoms with E-state index in [2.05, 4.69) is 31.1 Å². The summed E-state index contributed by atoms with van der Waals surface area (Å²) in [6, 6.07) is 0. The Balaban J connectivity index is 2.11. The number of methoxy groups -OCH3 is 1. The molecule has 106 valence electrons. The van der Waals surface area contributed by atoms with Crippen LogP contribution in [0.1, 0.15) is 54.0 Å². The van der Waals surface area contributed by atoms with Gasteiger partial charge < -0.3 is 10.1 Å². The highest BCUT2D eigenvalue weighted by Crippen LogP contribution is 2.31. The first kappa shape index (κ1) is 14.5. The molecule has 0 amide bonds. The molecule has 0 unspecified atom stereocenters. The number of nitrogens with one attached hydrogen (secondary N) is 1. The van der Waals surface area contributed by atoms with Crippen LogP contribution in [-0.2, 0) is 16.7 Å². The van der Waals surface area contributed by atoms with Crippen LogP contribution in [0, 0.1) is 5.92 Å². The lowest BCUT2D eigenvalue weighted by Gasteiger charge is -2.16. The maximum atomic E-state index is 11.8. The summed E-state index contributed by atoms with van der Waals surface area (Å²) in [5, 5.41) is 4.37. The molecule has 1 fully saturated rings. The number of carbonyl (C=O) groups excluding carboxylic acids is 1. The number of hydrogen-bond donors (Lipinski definition) is 1. The molecule has 1 aromatic rings. The van der Waals surface area contributed by atoms with Crippen LogP contribution in [-0.4, -0.2) is 24.6 Å². The second-order valence-electron chi connectivity index (χ2n) is 6.10. The summed E-state index contributed by atoms with van der Waals surface area (Å²) in [4.78, 5) is 17.1. The van der Waals surface area contributed by atoms with Crippen LogP contribution in [0.25, 0.3) is 0 Å². The summed E-state index contributed by atoms with van der Waals surface area (Å²) >= 11 is 1.44. The first-order valence-electron chi connectivity index (χ1n) is 6.71. The zero-order valence-electron chi connectivity index (χ0n) is 12.1. The maximum Gasteiger partial charge on any atom is 0.350 e. The van der Waals surface area contributed by atoms with E-state index in [4.69, 9.17) is 4.74 Å². The van der Waals surface area contributed by atoms with Gasteiger partial charge in [-0.15, -0.1) is 11.3 Å². The highest BCUT2D eigenvalue weighted by molar-refractivity contribution is 7.13. The first-order valence-corrected chi connectivity index (χ1v) is 7.52. The quantitative estimate of drug-likeness (QED) is 0.844. The summed E-state index contributed by atoms with van der Waals surface area (Å²) in [5.41, 5.74) is 0.696.